The molecule has 1 N–H and O–H groups in total. The average Bonchev–Trinajstić information content (AvgIpc) is 2.22. The lowest BCUT2D eigenvalue weighted by Gasteiger charge is -2.10. The van der Waals surface area contributed by atoms with Gasteiger partial charge in [0.2, 0.25) is 0 Å². The fourth-order valence-electron chi connectivity index (χ4n) is 1.24. The molecule has 0 fully saturated rings. The van der Waals surface area contributed by atoms with E-state index in [1.54, 1.807) is 0 Å². The molecule has 0 aromatic carbocycles. The molecule has 0 spiro atoms. The maximum absolute atomic E-state index is 5.54. The highest BCUT2D eigenvalue weighted by molar-refractivity contribution is 5.29. The van der Waals surface area contributed by atoms with E-state index >= 15 is 0 Å². The number of terminal acetylenes is 1. The van der Waals surface area contributed by atoms with Crippen molar-refractivity contribution in [1.29, 1.82) is 0 Å². The van der Waals surface area contributed by atoms with Gasteiger partial charge < -0.3 is 10.1 Å². The number of aromatic nitrogens is 1. The summed E-state index contributed by atoms with van der Waals surface area (Å²) in [5.74, 6) is 3.35. The summed E-state index contributed by atoms with van der Waals surface area (Å²) in [5.41, 5.74) is 1.92. The van der Waals surface area contributed by atoms with Crippen LogP contribution in [0.4, 0.5) is 0 Å². The van der Waals surface area contributed by atoms with Crippen LogP contribution < -0.4 is 10.1 Å². The molecule has 0 unspecified atom stereocenters. The van der Waals surface area contributed by atoms with E-state index in [1.165, 1.54) is 0 Å². The second-order valence-electron chi connectivity index (χ2n) is 3.23. The lowest BCUT2D eigenvalue weighted by Crippen LogP contribution is -2.10. The van der Waals surface area contributed by atoms with Crippen LogP contribution in [0, 0.1) is 19.3 Å². The largest absolute Gasteiger partial charge is 0.491 e. The van der Waals surface area contributed by atoms with Gasteiger partial charge in [0.05, 0.1) is 12.3 Å². The SMILES string of the molecule is C#CCCOc1ccc(C)nc1CNC. The summed E-state index contributed by atoms with van der Waals surface area (Å²) in [6.45, 7) is 3.20. The summed E-state index contributed by atoms with van der Waals surface area (Å²) >= 11 is 0. The lowest BCUT2D eigenvalue weighted by molar-refractivity contribution is 0.321. The standard InChI is InChI=1S/C12H16N2O/c1-4-5-8-15-12-7-6-10(2)14-11(12)9-13-3/h1,6-7,13H,5,8-9H2,2-3H3. The van der Waals surface area contributed by atoms with E-state index < -0.39 is 0 Å². The molecule has 3 heteroatoms. The predicted molar refractivity (Wildman–Crippen MR) is 60.7 cm³/mol. The molecule has 0 aliphatic carbocycles. The van der Waals surface area contributed by atoms with Gasteiger partial charge in [0.1, 0.15) is 5.75 Å². The molecule has 1 aromatic heterocycles. The van der Waals surface area contributed by atoms with E-state index in [1.807, 2.05) is 26.1 Å². The Morgan fingerprint density at radius 2 is 2.33 bits per heavy atom. The number of ether oxygens (including phenoxy) is 1. The number of nitrogens with one attached hydrogen (secondary N) is 1. The van der Waals surface area contributed by atoms with Gasteiger partial charge in [-0.2, -0.15) is 0 Å². The topological polar surface area (TPSA) is 34.1 Å². The quantitative estimate of drug-likeness (QED) is 0.583. The first-order valence-corrected chi connectivity index (χ1v) is 4.95. The molecule has 0 aliphatic heterocycles. The van der Waals surface area contributed by atoms with Gasteiger partial charge in [-0.05, 0) is 26.1 Å². The van der Waals surface area contributed by atoms with Gasteiger partial charge in [0.25, 0.3) is 0 Å². The van der Waals surface area contributed by atoms with E-state index in [4.69, 9.17) is 11.2 Å². The molecule has 80 valence electrons. The molecule has 1 aromatic rings. The third-order valence-corrected chi connectivity index (χ3v) is 1.92. The van der Waals surface area contributed by atoms with Crippen LogP contribution in [-0.2, 0) is 6.54 Å². The number of aryl methyl sites for hydroxylation is 1. The molecule has 0 bridgehead atoms. The number of nitrogens with zero attached hydrogens (tertiary/aromatic N) is 1. The van der Waals surface area contributed by atoms with Crippen molar-refractivity contribution >= 4 is 0 Å². The van der Waals surface area contributed by atoms with Crippen LogP contribution >= 0.6 is 0 Å². The smallest absolute Gasteiger partial charge is 0.142 e. The average molecular weight is 204 g/mol. The first-order chi connectivity index (χ1) is 7.27. The van der Waals surface area contributed by atoms with Crippen molar-refractivity contribution < 1.29 is 4.74 Å². The fraction of sp³-hybridized carbons (Fsp3) is 0.417. The van der Waals surface area contributed by atoms with Crippen LogP contribution in [0.2, 0.25) is 0 Å². The Morgan fingerprint density at radius 3 is 3.00 bits per heavy atom. The molecular formula is C12H16N2O. The van der Waals surface area contributed by atoms with Gasteiger partial charge in [0, 0.05) is 18.7 Å². The fourth-order valence-corrected chi connectivity index (χ4v) is 1.24. The van der Waals surface area contributed by atoms with Crippen LogP contribution in [0.15, 0.2) is 12.1 Å². The molecule has 0 saturated heterocycles. The minimum atomic E-state index is 0.540. The first kappa shape index (κ1) is 11.5. The Kier molecular flexibility index (Phi) is 4.65. The molecule has 1 heterocycles. The number of hydrogen-bond donors (Lipinski definition) is 1. The van der Waals surface area contributed by atoms with Gasteiger partial charge in [0.15, 0.2) is 0 Å². The normalized spacial score (nSPS) is 9.67. The Bertz CT molecular complexity index is 355. The molecule has 0 atom stereocenters. The minimum Gasteiger partial charge on any atom is -0.491 e. The monoisotopic (exact) mass is 204 g/mol. The summed E-state index contributed by atoms with van der Waals surface area (Å²) in [5, 5.41) is 3.06. The zero-order chi connectivity index (χ0) is 11.1. The summed E-state index contributed by atoms with van der Waals surface area (Å²) in [4.78, 5) is 4.40. The summed E-state index contributed by atoms with van der Waals surface area (Å²) in [7, 11) is 1.88. The number of rotatable bonds is 5. The van der Waals surface area contributed by atoms with Crippen LogP contribution in [0.3, 0.4) is 0 Å². The zero-order valence-corrected chi connectivity index (χ0v) is 9.21. The predicted octanol–water partition coefficient (Wildman–Crippen LogP) is 1.51. The van der Waals surface area contributed by atoms with Gasteiger partial charge in [-0.25, -0.2) is 0 Å². The summed E-state index contributed by atoms with van der Waals surface area (Å²) in [6, 6.07) is 3.87. The van der Waals surface area contributed by atoms with Crippen molar-refractivity contribution in [2.45, 2.75) is 19.9 Å². The summed E-state index contributed by atoms with van der Waals surface area (Å²) < 4.78 is 5.54. The molecule has 0 radical (unpaired) electrons. The van der Waals surface area contributed by atoms with Crippen LogP contribution in [-0.4, -0.2) is 18.6 Å². The van der Waals surface area contributed by atoms with Crippen molar-refractivity contribution in [3.63, 3.8) is 0 Å². The van der Waals surface area contributed by atoms with Crippen molar-refractivity contribution in [3.05, 3.63) is 23.5 Å². The van der Waals surface area contributed by atoms with Gasteiger partial charge in [-0.15, -0.1) is 12.3 Å². The third kappa shape index (κ3) is 3.61. The van der Waals surface area contributed by atoms with Crippen LogP contribution in [0.1, 0.15) is 17.8 Å². The Labute approximate surface area is 90.9 Å². The van der Waals surface area contributed by atoms with Crippen molar-refractivity contribution in [2.24, 2.45) is 0 Å². The molecule has 1 rings (SSSR count). The van der Waals surface area contributed by atoms with E-state index in [2.05, 4.69) is 16.2 Å². The van der Waals surface area contributed by atoms with Crippen molar-refractivity contribution in [1.82, 2.24) is 10.3 Å². The highest BCUT2D eigenvalue weighted by Crippen LogP contribution is 2.16. The third-order valence-electron chi connectivity index (χ3n) is 1.92. The zero-order valence-electron chi connectivity index (χ0n) is 9.21. The van der Waals surface area contributed by atoms with Crippen molar-refractivity contribution in [3.8, 4) is 18.1 Å². The van der Waals surface area contributed by atoms with E-state index in [0.29, 0.717) is 19.6 Å². The number of hydrogen-bond acceptors (Lipinski definition) is 3. The van der Waals surface area contributed by atoms with Crippen LogP contribution in [0.25, 0.3) is 0 Å². The van der Waals surface area contributed by atoms with Gasteiger partial charge >= 0.3 is 0 Å². The molecule has 0 amide bonds. The first-order valence-electron chi connectivity index (χ1n) is 4.95. The van der Waals surface area contributed by atoms with Crippen LogP contribution in [0.5, 0.6) is 5.75 Å². The lowest BCUT2D eigenvalue weighted by atomic mass is 10.3. The number of pyridine rings is 1. The van der Waals surface area contributed by atoms with Gasteiger partial charge in [-0.1, -0.05) is 0 Å². The Hall–Kier alpha value is -1.53. The Balaban J connectivity index is 2.72. The molecule has 0 saturated carbocycles. The molecular weight excluding hydrogens is 188 g/mol. The maximum atomic E-state index is 5.54. The van der Waals surface area contributed by atoms with E-state index in [9.17, 15) is 0 Å². The van der Waals surface area contributed by atoms with Crippen molar-refractivity contribution in [2.75, 3.05) is 13.7 Å². The van der Waals surface area contributed by atoms with E-state index in [-0.39, 0.29) is 0 Å². The maximum Gasteiger partial charge on any atom is 0.142 e. The second kappa shape index (κ2) is 6.05. The molecule has 15 heavy (non-hydrogen) atoms. The molecule has 0 aliphatic rings. The highest BCUT2D eigenvalue weighted by atomic mass is 16.5. The second-order valence-corrected chi connectivity index (χ2v) is 3.23. The summed E-state index contributed by atoms with van der Waals surface area (Å²) in [6.07, 6.45) is 5.77. The van der Waals surface area contributed by atoms with E-state index in [0.717, 1.165) is 17.1 Å². The van der Waals surface area contributed by atoms with Gasteiger partial charge in [-0.3, -0.25) is 4.98 Å². The molecule has 3 nitrogen and oxygen atoms in total. The highest BCUT2D eigenvalue weighted by Gasteiger charge is 2.04. The Morgan fingerprint density at radius 1 is 1.53 bits per heavy atom. The minimum absolute atomic E-state index is 0.540.